The first-order chi connectivity index (χ1) is 9.02. The maximum atomic E-state index is 11.9. The Morgan fingerprint density at radius 1 is 1.11 bits per heavy atom. The van der Waals surface area contributed by atoms with Crippen LogP contribution in [0.3, 0.4) is 0 Å². The van der Waals surface area contributed by atoms with E-state index in [1.807, 2.05) is 30.3 Å². The highest BCUT2D eigenvalue weighted by atomic mass is 79.9. The quantitative estimate of drug-likeness (QED) is 0.745. The Labute approximate surface area is 127 Å². The molecule has 6 heteroatoms. The fourth-order valence-electron chi connectivity index (χ4n) is 1.69. The highest BCUT2D eigenvalue weighted by Gasteiger charge is 2.39. The Kier molecular flexibility index (Phi) is 4.54. The summed E-state index contributed by atoms with van der Waals surface area (Å²) >= 11 is 6.16. The second-order valence-electron chi connectivity index (χ2n) is 4.00. The lowest BCUT2D eigenvalue weighted by Crippen LogP contribution is -2.40. The van der Waals surface area contributed by atoms with Crippen LogP contribution >= 0.6 is 31.9 Å². The molecule has 1 unspecified atom stereocenters. The van der Waals surface area contributed by atoms with Gasteiger partial charge in [-0.1, -0.05) is 30.3 Å². The molecular weight excluding hydrogens is 378 g/mol. The Hall–Kier alpha value is -0.980. The third kappa shape index (κ3) is 2.96. The number of ether oxygens (including phenoxy) is 1. The van der Waals surface area contributed by atoms with Gasteiger partial charge in [0.05, 0.1) is 6.61 Å². The van der Waals surface area contributed by atoms with Gasteiger partial charge in [-0.15, -0.1) is 0 Å². The highest BCUT2D eigenvalue weighted by Crippen LogP contribution is 2.31. The zero-order valence-corrected chi connectivity index (χ0v) is 13.3. The van der Waals surface area contributed by atoms with Crippen molar-refractivity contribution in [3.63, 3.8) is 0 Å². The number of carbonyl (C=O) groups excluding carboxylic acids is 2. The van der Waals surface area contributed by atoms with Gasteiger partial charge >= 0.3 is 0 Å². The van der Waals surface area contributed by atoms with Crippen LogP contribution in [0.15, 0.2) is 39.3 Å². The number of nitrogens with zero attached hydrogens (tertiary/aromatic N) is 1. The lowest BCUT2D eigenvalue weighted by atomic mass is 10.2. The molecule has 0 saturated heterocycles. The number of halogens is 2. The summed E-state index contributed by atoms with van der Waals surface area (Å²) in [4.78, 5) is 24.8. The molecule has 0 aliphatic carbocycles. The lowest BCUT2D eigenvalue weighted by molar-refractivity contribution is -0.152. The van der Waals surface area contributed by atoms with Gasteiger partial charge in [0.15, 0.2) is 0 Å². The number of hydrogen-bond acceptors (Lipinski definition) is 3. The van der Waals surface area contributed by atoms with E-state index in [-0.39, 0.29) is 8.96 Å². The molecule has 4 nitrogen and oxygen atoms in total. The van der Waals surface area contributed by atoms with Gasteiger partial charge in [-0.25, -0.2) is 4.90 Å². The highest BCUT2D eigenvalue weighted by molar-refractivity contribution is 9.14. The first-order valence-electron chi connectivity index (χ1n) is 5.61. The number of imide groups is 1. The van der Waals surface area contributed by atoms with Crippen molar-refractivity contribution in [2.24, 2.45) is 0 Å². The van der Waals surface area contributed by atoms with E-state index in [0.717, 1.165) is 10.5 Å². The van der Waals surface area contributed by atoms with Crippen molar-refractivity contribution in [1.29, 1.82) is 0 Å². The lowest BCUT2D eigenvalue weighted by Gasteiger charge is -2.22. The molecular formula is C13H11Br2NO3. The van der Waals surface area contributed by atoms with Crippen molar-refractivity contribution in [2.75, 3.05) is 0 Å². The van der Waals surface area contributed by atoms with Crippen molar-refractivity contribution < 1.29 is 14.3 Å². The minimum absolute atomic E-state index is 0.229. The molecule has 0 saturated carbocycles. The van der Waals surface area contributed by atoms with E-state index in [0.29, 0.717) is 6.61 Å². The Bertz CT molecular complexity index is 518. The van der Waals surface area contributed by atoms with Gasteiger partial charge in [0, 0.05) is 0 Å². The summed E-state index contributed by atoms with van der Waals surface area (Å²) in [5, 5.41) is 0. The molecule has 1 aliphatic heterocycles. The molecule has 0 spiro atoms. The van der Waals surface area contributed by atoms with Gasteiger partial charge < -0.3 is 4.74 Å². The largest absolute Gasteiger partial charge is 0.353 e. The summed E-state index contributed by atoms with van der Waals surface area (Å²) in [6, 6.07) is 9.57. The molecule has 1 aromatic rings. The number of amides is 2. The smallest absolute Gasteiger partial charge is 0.271 e. The van der Waals surface area contributed by atoms with Crippen molar-refractivity contribution in [2.45, 2.75) is 19.8 Å². The van der Waals surface area contributed by atoms with Crippen LogP contribution in [0.2, 0.25) is 0 Å². The fourth-order valence-corrected chi connectivity index (χ4v) is 2.41. The summed E-state index contributed by atoms with van der Waals surface area (Å²) in [7, 11) is 0. The first-order valence-corrected chi connectivity index (χ1v) is 7.19. The van der Waals surface area contributed by atoms with E-state index in [2.05, 4.69) is 31.9 Å². The number of rotatable bonds is 4. The number of carbonyl (C=O) groups is 2. The predicted molar refractivity (Wildman–Crippen MR) is 77.4 cm³/mol. The second kappa shape index (κ2) is 5.98. The average Bonchev–Trinajstić information content (AvgIpc) is 2.62. The van der Waals surface area contributed by atoms with E-state index < -0.39 is 18.0 Å². The number of hydrogen-bond donors (Lipinski definition) is 0. The van der Waals surface area contributed by atoms with E-state index in [1.165, 1.54) is 0 Å². The molecule has 1 heterocycles. The minimum atomic E-state index is -0.622. The van der Waals surface area contributed by atoms with Crippen molar-refractivity contribution in [1.82, 2.24) is 4.90 Å². The predicted octanol–water partition coefficient (Wildman–Crippen LogP) is 2.92. The van der Waals surface area contributed by atoms with Gasteiger partial charge in [-0.3, -0.25) is 9.59 Å². The molecule has 1 aromatic carbocycles. The summed E-state index contributed by atoms with van der Waals surface area (Å²) in [6.07, 6.45) is -0.622. The normalized spacial score (nSPS) is 17.3. The molecule has 2 rings (SSSR count). The van der Waals surface area contributed by atoms with E-state index in [1.54, 1.807) is 6.92 Å². The molecule has 0 radical (unpaired) electrons. The van der Waals surface area contributed by atoms with E-state index in [4.69, 9.17) is 4.74 Å². The Morgan fingerprint density at radius 3 is 2.16 bits per heavy atom. The summed E-state index contributed by atoms with van der Waals surface area (Å²) in [5.74, 6) is -0.783. The van der Waals surface area contributed by atoms with Crippen LogP contribution < -0.4 is 0 Å². The zero-order valence-electron chi connectivity index (χ0n) is 10.1. The van der Waals surface area contributed by atoms with Crippen LogP contribution in [0.25, 0.3) is 0 Å². The third-order valence-electron chi connectivity index (χ3n) is 2.70. The zero-order chi connectivity index (χ0) is 14.0. The molecule has 2 amide bonds. The Balaban J connectivity index is 2.00. The third-order valence-corrected chi connectivity index (χ3v) is 4.71. The second-order valence-corrected chi connectivity index (χ2v) is 5.59. The van der Waals surface area contributed by atoms with Crippen LogP contribution in [-0.2, 0) is 20.9 Å². The molecule has 1 atom stereocenters. The van der Waals surface area contributed by atoms with E-state index >= 15 is 0 Å². The van der Waals surface area contributed by atoms with Gasteiger partial charge in [-0.2, -0.15) is 0 Å². The van der Waals surface area contributed by atoms with Gasteiger partial charge in [0.1, 0.15) is 15.2 Å². The van der Waals surface area contributed by atoms with Crippen LogP contribution in [-0.4, -0.2) is 22.9 Å². The molecule has 0 bridgehead atoms. The van der Waals surface area contributed by atoms with Crippen LogP contribution in [0.4, 0.5) is 0 Å². The van der Waals surface area contributed by atoms with Gasteiger partial charge in [0.25, 0.3) is 11.8 Å². The average molecular weight is 389 g/mol. The topological polar surface area (TPSA) is 46.6 Å². The van der Waals surface area contributed by atoms with Crippen LogP contribution in [0, 0.1) is 0 Å². The maximum Gasteiger partial charge on any atom is 0.271 e. The fraction of sp³-hybridized carbons (Fsp3) is 0.231. The monoisotopic (exact) mass is 387 g/mol. The number of benzene rings is 1. The summed E-state index contributed by atoms with van der Waals surface area (Å²) in [5.41, 5.74) is 0.986. The standard InChI is InChI=1S/C13H11Br2NO3/c1-8(19-7-9-5-3-2-4-6-9)16-12(17)10(14)11(15)13(16)18/h2-6,8H,7H2,1H3. The molecule has 100 valence electrons. The molecule has 19 heavy (non-hydrogen) atoms. The first kappa shape index (κ1) is 14.4. The maximum absolute atomic E-state index is 11.9. The molecule has 0 N–H and O–H groups in total. The minimum Gasteiger partial charge on any atom is -0.353 e. The summed E-state index contributed by atoms with van der Waals surface area (Å²) < 4.78 is 6.02. The molecule has 0 aromatic heterocycles. The van der Waals surface area contributed by atoms with E-state index in [9.17, 15) is 9.59 Å². The van der Waals surface area contributed by atoms with Gasteiger partial charge in [0.2, 0.25) is 0 Å². The van der Waals surface area contributed by atoms with Crippen molar-refractivity contribution in [3.05, 3.63) is 44.9 Å². The SMILES string of the molecule is CC(OCc1ccccc1)N1C(=O)C(Br)=C(Br)C1=O. The summed E-state index contributed by atoms with van der Waals surface area (Å²) in [6.45, 7) is 2.01. The Morgan fingerprint density at radius 2 is 1.63 bits per heavy atom. The van der Waals surface area contributed by atoms with Crippen LogP contribution in [0.5, 0.6) is 0 Å². The van der Waals surface area contributed by atoms with Gasteiger partial charge in [-0.05, 0) is 44.3 Å². The molecule has 1 aliphatic rings. The van der Waals surface area contributed by atoms with Crippen molar-refractivity contribution in [3.8, 4) is 0 Å². The van der Waals surface area contributed by atoms with Crippen LogP contribution in [0.1, 0.15) is 12.5 Å². The molecule has 0 fully saturated rings. The van der Waals surface area contributed by atoms with Crippen molar-refractivity contribution >= 4 is 43.7 Å².